The number of rotatable bonds is 7. The monoisotopic (exact) mass is 402 g/mol. The molecule has 0 amide bonds. The maximum atomic E-state index is 12.7. The zero-order valence-electron chi connectivity index (χ0n) is 12.7. The Morgan fingerprint density at radius 2 is 1.31 bits per heavy atom. The first-order chi connectivity index (χ1) is 11.5. The van der Waals surface area contributed by atoms with Crippen molar-refractivity contribution in [3.63, 3.8) is 0 Å². The first-order valence-corrected chi connectivity index (χ1v) is 6.22. The smallest absolute Gasteiger partial charge is 0.457 e. The Labute approximate surface area is 139 Å². The molecule has 14 heteroatoms. The van der Waals surface area contributed by atoms with E-state index in [0.717, 1.165) is 6.92 Å². The van der Waals surface area contributed by atoms with E-state index in [9.17, 15) is 49.5 Å². The molecule has 0 spiro atoms. The van der Waals surface area contributed by atoms with E-state index in [4.69, 9.17) is 0 Å². The number of carbonyl (C=O) groups excluding carboxylic acids is 3. The Morgan fingerprint density at radius 1 is 0.885 bits per heavy atom. The first-order valence-electron chi connectivity index (χ1n) is 6.22. The van der Waals surface area contributed by atoms with Gasteiger partial charge in [-0.3, -0.25) is 0 Å². The molecule has 0 aromatic heterocycles. The molecule has 0 aliphatic carbocycles. The van der Waals surface area contributed by atoms with Gasteiger partial charge in [-0.05, 0) is 6.92 Å². The quantitative estimate of drug-likeness (QED) is 0.282. The summed E-state index contributed by atoms with van der Waals surface area (Å²) in [6.45, 7) is 1.14. The molecule has 0 radical (unpaired) electrons. The van der Waals surface area contributed by atoms with E-state index in [0.29, 0.717) is 0 Å². The summed E-state index contributed by atoms with van der Waals surface area (Å²) in [5.41, 5.74) is -0.343. The molecule has 0 saturated carbocycles. The maximum absolute atomic E-state index is 12.7. The molecule has 0 aliphatic heterocycles. The van der Waals surface area contributed by atoms with E-state index in [-0.39, 0.29) is 5.57 Å². The van der Waals surface area contributed by atoms with Crippen LogP contribution in [0.15, 0.2) is 12.2 Å². The van der Waals surface area contributed by atoms with E-state index in [1.165, 1.54) is 0 Å². The average molecular weight is 402 g/mol. The fraction of sp³-hybridized carbons (Fsp3) is 0.583. The number of ether oxygens (including phenoxy) is 3. The third-order valence-corrected chi connectivity index (χ3v) is 2.27. The van der Waals surface area contributed by atoms with Crippen molar-refractivity contribution >= 4 is 17.9 Å². The molecule has 150 valence electrons. The van der Waals surface area contributed by atoms with E-state index in [2.05, 4.69) is 20.8 Å². The van der Waals surface area contributed by atoms with Crippen LogP contribution in [0.5, 0.6) is 0 Å². The van der Waals surface area contributed by atoms with Crippen LogP contribution in [0.25, 0.3) is 0 Å². The number of hydrogen-bond acceptors (Lipinski definition) is 6. The molecule has 1 unspecified atom stereocenters. The summed E-state index contributed by atoms with van der Waals surface area (Å²) < 4.78 is 109. The summed E-state index contributed by atoms with van der Waals surface area (Å²) in [6.07, 6.45) is -13.8. The van der Waals surface area contributed by atoms with Gasteiger partial charge in [0, 0.05) is 5.57 Å². The van der Waals surface area contributed by atoms with E-state index >= 15 is 0 Å². The molecule has 0 bridgehead atoms. The lowest BCUT2D eigenvalue weighted by molar-refractivity contribution is -0.281. The highest BCUT2D eigenvalue weighted by Crippen LogP contribution is 2.36. The first kappa shape index (κ1) is 23.6. The minimum Gasteiger partial charge on any atom is -0.457 e. The molecule has 0 N–H and O–H groups in total. The van der Waals surface area contributed by atoms with Crippen LogP contribution < -0.4 is 0 Å². The van der Waals surface area contributed by atoms with Gasteiger partial charge in [0.25, 0.3) is 0 Å². The third-order valence-electron chi connectivity index (χ3n) is 2.27. The molecule has 0 fully saturated rings. The second-order valence-corrected chi connectivity index (χ2v) is 4.57. The van der Waals surface area contributed by atoms with Crippen molar-refractivity contribution in [3.8, 4) is 0 Å². The van der Waals surface area contributed by atoms with Crippen molar-refractivity contribution in [1.29, 1.82) is 0 Å². The van der Waals surface area contributed by atoms with Gasteiger partial charge >= 0.3 is 36.2 Å². The Kier molecular flexibility index (Phi) is 7.54. The molecule has 26 heavy (non-hydrogen) atoms. The fourth-order valence-electron chi connectivity index (χ4n) is 0.994. The minimum atomic E-state index is -6.29. The lowest BCUT2D eigenvalue weighted by atomic mass is 10.3. The fourth-order valence-corrected chi connectivity index (χ4v) is 0.994. The van der Waals surface area contributed by atoms with Gasteiger partial charge < -0.3 is 14.2 Å². The Hall–Kier alpha value is -2.41. The van der Waals surface area contributed by atoms with Gasteiger partial charge in [0.2, 0.25) is 0 Å². The van der Waals surface area contributed by atoms with Crippen LogP contribution in [0.4, 0.5) is 35.1 Å². The van der Waals surface area contributed by atoms with Crippen molar-refractivity contribution in [3.05, 3.63) is 12.2 Å². The van der Waals surface area contributed by atoms with Crippen molar-refractivity contribution in [2.75, 3.05) is 13.2 Å². The summed E-state index contributed by atoms with van der Waals surface area (Å²) in [7, 11) is 0. The molecule has 0 aromatic carbocycles. The molecule has 0 saturated heterocycles. The molecular weight excluding hydrogens is 392 g/mol. The maximum Gasteiger partial charge on any atom is 0.490 e. The standard InChI is InChI=1S/C12H10F8O6/c1-5(2)7(21)26-6(4-25-9(23)11(15,16)17)3-24-8(22)10(13,14)12(18,19)20/h6H,1,3-4H2,2H3. The van der Waals surface area contributed by atoms with Gasteiger partial charge in [-0.1, -0.05) is 6.58 Å². The topological polar surface area (TPSA) is 78.9 Å². The van der Waals surface area contributed by atoms with Gasteiger partial charge in [0.1, 0.15) is 13.2 Å². The second kappa shape index (κ2) is 8.31. The lowest BCUT2D eigenvalue weighted by Crippen LogP contribution is -2.46. The van der Waals surface area contributed by atoms with E-state index in [1.54, 1.807) is 0 Å². The van der Waals surface area contributed by atoms with Crippen molar-refractivity contribution in [1.82, 2.24) is 0 Å². The predicted octanol–water partition coefficient (Wildman–Crippen LogP) is 2.32. The zero-order chi connectivity index (χ0) is 20.9. The molecule has 0 aliphatic rings. The Bertz CT molecular complexity index is 565. The van der Waals surface area contributed by atoms with Crippen molar-refractivity contribution < 1.29 is 63.7 Å². The molecule has 0 aromatic rings. The summed E-state index contributed by atoms with van der Waals surface area (Å²) >= 11 is 0. The SMILES string of the molecule is C=C(C)C(=O)OC(COC(=O)C(F)(F)F)COC(=O)C(F)(F)C(F)(F)F. The molecule has 1 atom stereocenters. The minimum absolute atomic E-state index is 0.343. The molecular formula is C12H10F8O6. The van der Waals surface area contributed by atoms with Crippen LogP contribution in [-0.2, 0) is 28.6 Å². The predicted molar refractivity (Wildman–Crippen MR) is 63.7 cm³/mol. The number of hydrogen-bond donors (Lipinski definition) is 0. The third kappa shape index (κ3) is 6.84. The Balaban J connectivity index is 5.02. The van der Waals surface area contributed by atoms with Crippen LogP contribution in [-0.4, -0.2) is 55.5 Å². The van der Waals surface area contributed by atoms with Crippen LogP contribution in [0, 0.1) is 0 Å². The normalized spacial score (nSPS) is 13.6. The van der Waals surface area contributed by atoms with Crippen LogP contribution in [0.3, 0.4) is 0 Å². The van der Waals surface area contributed by atoms with E-state index in [1.807, 2.05) is 0 Å². The average Bonchev–Trinajstić information content (AvgIpc) is 2.46. The lowest BCUT2D eigenvalue weighted by Gasteiger charge is -2.21. The van der Waals surface area contributed by atoms with Crippen molar-refractivity contribution in [2.45, 2.75) is 31.3 Å². The van der Waals surface area contributed by atoms with Crippen LogP contribution in [0.1, 0.15) is 6.92 Å². The van der Waals surface area contributed by atoms with Gasteiger partial charge in [0.05, 0.1) is 0 Å². The zero-order valence-corrected chi connectivity index (χ0v) is 12.7. The van der Waals surface area contributed by atoms with Crippen molar-refractivity contribution in [2.24, 2.45) is 0 Å². The molecule has 0 rings (SSSR count). The summed E-state index contributed by atoms with van der Waals surface area (Å²) in [5, 5.41) is 0. The van der Waals surface area contributed by atoms with Gasteiger partial charge in [-0.25, -0.2) is 14.4 Å². The van der Waals surface area contributed by atoms with Gasteiger partial charge in [-0.15, -0.1) is 0 Å². The molecule has 0 heterocycles. The number of halogens is 8. The largest absolute Gasteiger partial charge is 0.490 e. The summed E-state index contributed by atoms with van der Waals surface area (Å²) in [5.74, 6) is -13.1. The highest BCUT2D eigenvalue weighted by atomic mass is 19.4. The highest BCUT2D eigenvalue weighted by molar-refractivity contribution is 5.87. The van der Waals surface area contributed by atoms with Gasteiger partial charge in [0.15, 0.2) is 6.10 Å². The molecule has 6 nitrogen and oxygen atoms in total. The summed E-state index contributed by atoms with van der Waals surface area (Å²) in [6, 6.07) is 0. The van der Waals surface area contributed by atoms with Crippen LogP contribution in [0.2, 0.25) is 0 Å². The highest BCUT2D eigenvalue weighted by Gasteiger charge is 2.65. The van der Waals surface area contributed by atoms with Crippen LogP contribution >= 0.6 is 0 Å². The number of carbonyl (C=O) groups is 3. The summed E-state index contributed by atoms with van der Waals surface area (Å²) in [4.78, 5) is 32.6. The second-order valence-electron chi connectivity index (χ2n) is 4.57. The number of alkyl halides is 8. The number of esters is 3. The Morgan fingerprint density at radius 3 is 1.65 bits per heavy atom. The van der Waals surface area contributed by atoms with E-state index < -0.39 is 55.5 Å². The van der Waals surface area contributed by atoms with Gasteiger partial charge in [-0.2, -0.15) is 35.1 Å².